The van der Waals surface area contributed by atoms with Crippen LogP contribution in [0.3, 0.4) is 0 Å². The van der Waals surface area contributed by atoms with Crippen molar-refractivity contribution in [2.75, 3.05) is 5.32 Å². The van der Waals surface area contributed by atoms with Crippen LogP contribution in [0.1, 0.15) is 6.92 Å². The summed E-state index contributed by atoms with van der Waals surface area (Å²) in [6.07, 6.45) is 0. The highest BCUT2D eigenvalue weighted by Gasteiger charge is 2.22. The van der Waals surface area contributed by atoms with Gasteiger partial charge in [-0.2, -0.15) is 4.72 Å². The van der Waals surface area contributed by atoms with Crippen LogP contribution in [-0.2, 0) is 14.8 Å². The normalized spacial score (nSPS) is 12.5. The third-order valence-corrected chi connectivity index (χ3v) is 5.90. The van der Waals surface area contributed by atoms with Crippen LogP contribution >= 0.6 is 11.3 Å². The number of benzene rings is 2. The van der Waals surface area contributed by atoms with Crippen molar-refractivity contribution in [3.8, 4) is 10.6 Å². The number of sulfonamides is 1. The topological polar surface area (TPSA) is 101 Å². The first-order valence-corrected chi connectivity index (χ1v) is 10.0. The molecule has 9 heteroatoms. The average molecular weight is 388 g/mol. The number of hydrogen-bond acceptors (Lipinski definition) is 6. The number of carbonyl (C=O) groups is 1. The Kier molecular flexibility index (Phi) is 5.40. The molecule has 0 aliphatic heterocycles. The molecule has 1 heterocycles. The van der Waals surface area contributed by atoms with E-state index >= 15 is 0 Å². The van der Waals surface area contributed by atoms with Crippen molar-refractivity contribution in [1.82, 2.24) is 14.9 Å². The molecule has 0 aliphatic carbocycles. The fourth-order valence-electron chi connectivity index (χ4n) is 2.14. The van der Waals surface area contributed by atoms with Gasteiger partial charge in [-0.05, 0) is 19.1 Å². The molecule has 1 amide bonds. The highest BCUT2D eigenvalue weighted by molar-refractivity contribution is 7.89. The second-order valence-corrected chi connectivity index (χ2v) is 8.12. The van der Waals surface area contributed by atoms with Gasteiger partial charge < -0.3 is 0 Å². The maximum absolute atomic E-state index is 12.3. The van der Waals surface area contributed by atoms with E-state index in [2.05, 4.69) is 20.2 Å². The Bertz CT molecular complexity index is 989. The SMILES string of the molecule is C[C@@H](NS(=O)(=O)c1ccccc1)C(=O)Nc1nnc(-c2ccccc2)s1. The Morgan fingerprint density at radius 1 is 1.00 bits per heavy atom. The summed E-state index contributed by atoms with van der Waals surface area (Å²) in [6, 6.07) is 16.4. The molecule has 0 aliphatic rings. The summed E-state index contributed by atoms with van der Waals surface area (Å²) in [7, 11) is -3.78. The lowest BCUT2D eigenvalue weighted by Gasteiger charge is -2.13. The van der Waals surface area contributed by atoms with Gasteiger partial charge in [0.05, 0.1) is 10.9 Å². The minimum Gasteiger partial charge on any atom is -0.299 e. The third kappa shape index (κ3) is 4.31. The minimum atomic E-state index is -3.78. The van der Waals surface area contributed by atoms with Gasteiger partial charge >= 0.3 is 0 Å². The molecule has 1 atom stereocenters. The zero-order valence-corrected chi connectivity index (χ0v) is 15.4. The predicted octanol–water partition coefficient (Wildman–Crippen LogP) is 2.51. The maximum Gasteiger partial charge on any atom is 0.244 e. The molecule has 0 saturated carbocycles. The fraction of sp³-hybridized carbons (Fsp3) is 0.118. The van der Waals surface area contributed by atoms with E-state index in [-0.39, 0.29) is 4.90 Å². The Morgan fingerprint density at radius 3 is 2.27 bits per heavy atom. The fourth-order valence-corrected chi connectivity index (χ4v) is 4.11. The van der Waals surface area contributed by atoms with Crippen LogP contribution in [0.4, 0.5) is 5.13 Å². The lowest BCUT2D eigenvalue weighted by atomic mass is 10.2. The summed E-state index contributed by atoms with van der Waals surface area (Å²) in [5.74, 6) is -0.514. The van der Waals surface area contributed by atoms with Crippen molar-refractivity contribution < 1.29 is 13.2 Å². The van der Waals surface area contributed by atoms with Gasteiger partial charge in [-0.3, -0.25) is 10.1 Å². The van der Waals surface area contributed by atoms with Crippen LogP contribution in [0.25, 0.3) is 10.6 Å². The molecule has 2 aromatic carbocycles. The molecule has 26 heavy (non-hydrogen) atoms. The number of aromatic nitrogens is 2. The lowest BCUT2D eigenvalue weighted by Crippen LogP contribution is -2.41. The number of nitrogens with one attached hydrogen (secondary N) is 2. The Balaban J connectivity index is 1.66. The van der Waals surface area contributed by atoms with Crippen LogP contribution in [0.15, 0.2) is 65.6 Å². The second kappa shape index (κ2) is 7.73. The van der Waals surface area contributed by atoms with E-state index in [1.807, 2.05) is 30.3 Å². The summed E-state index contributed by atoms with van der Waals surface area (Å²) in [5.41, 5.74) is 0.892. The van der Waals surface area contributed by atoms with Crippen LogP contribution < -0.4 is 10.0 Å². The van der Waals surface area contributed by atoms with E-state index in [0.29, 0.717) is 10.1 Å². The minimum absolute atomic E-state index is 0.0990. The van der Waals surface area contributed by atoms with Gasteiger partial charge in [-0.15, -0.1) is 10.2 Å². The molecule has 2 N–H and O–H groups in total. The highest BCUT2D eigenvalue weighted by atomic mass is 32.2. The molecule has 134 valence electrons. The number of nitrogens with zero attached hydrogens (tertiary/aromatic N) is 2. The van der Waals surface area contributed by atoms with Crippen molar-refractivity contribution in [2.45, 2.75) is 17.9 Å². The quantitative estimate of drug-likeness (QED) is 0.676. The van der Waals surface area contributed by atoms with E-state index in [1.54, 1.807) is 18.2 Å². The Hall–Kier alpha value is -2.62. The summed E-state index contributed by atoms with van der Waals surface area (Å²) in [6.45, 7) is 1.47. The highest BCUT2D eigenvalue weighted by Crippen LogP contribution is 2.25. The zero-order chi connectivity index (χ0) is 18.6. The van der Waals surface area contributed by atoms with E-state index in [9.17, 15) is 13.2 Å². The smallest absolute Gasteiger partial charge is 0.244 e. The molecular formula is C17H16N4O3S2. The molecule has 3 aromatic rings. The summed E-state index contributed by atoms with van der Waals surface area (Å²) >= 11 is 1.21. The first-order chi connectivity index (χ1) is 12.5. The molecule has 0 unspecified atom stereocenters. The van der Waals surface area contributed by atoms with Gasteiger partial charge in [0, 0.05) is 5.56 Å². The van der Waals surface area contributed by atoms with Crippen LogP contribution in [-0.4, -0.2) is 30.6 Å². The van der Waals surface area contributed by atoms with Crippen molar-refractivity contribution in [3.63, 3.8) is 0 Å². The summed E-state index contributed by atoms with van der Waals surface area (Å²) in [5, 5.41) is 11.5. The number of hydrogen-bond donors (Lipinski definition) is 2. The van der Waals surface area contributed by atoms with E-state index in [1.165, 1.54) is 30.4 Å². The number of amides is 1. The van der Waals surface area contributed by atoms with Crippen molar-refractivity contribution in [3.05, 3.63) is 60.7 Å². The molecule has 0 bridgehead atoms. The van der Waals surface area contributed by atoms with Crippen molar-refractivity contribution >= 4 is 32.4 Å². The maximum atomic E-state index is 12.3. The standard InChI is InChI=1S/C17H16N4O3S2/c1-12(21-26(23,24)14-10-6-3-7-11-14)15(22)18-17-20-19-16(25-17)13-8-4-2-5-9-13/h2-12,21H,1H3,(H,18,20,22)/t12-/m1/s1. The second-order valence-electron chi connectivity index (χ2n) is 5.42. The first-order valence-electron chi connectivity index (χ1n) is 7.73. The zero-order valence-electron chi connectivity index (χ0n) is 13.8. The number of carbonyl (C=O) groups excluding carboxylic acids is 1. The van der Waals surface area contributed by atoms with Gasteiger partial charge in [-0.1, -0.05) is 59.9 Å². The van der Waals surface area contributed by atoms with Crippen LogP contribution in [0.5, 0.6) is 0 Å². The Morgan fingerprint density at radius 2 is 1.62 bits per heavy atom. The molecule has 0 spiro atoms. The van der Waals surface area contributed by atoms with Gasteiger partial charge in [0.15, 0.2) is 0 Å². The molecule has 0 fully saturated rings. The lowest BCUT2D eigenvalue weighted by molar-refractivity contribution is -0.117. The molecule has 0 saturated heterocycles. The van der Waals surface area contributed by atoms with E-state index in [4.69, 9.17) is 0 Å². The summed E-state index contributed by atoms with van der Waals surface area (Å²) < 4.78 is 26.9. The van der Waals surface area contributed by atoms with E-state index in [0.717, 1.165) is 5.56 Å². The first kappa shape index (κ1) is 18.2. The number of anilines is 1. The summed E-state index contributed by atoms with van der Waals surface area (Å²) in [4.78, 5) is 12.4. The Labute approximate surface area is 155 Å². The largest absolute Gasteiger partial charge is 0.299 e. The number of rotatable bonds is 6. The average Bonchev–Trinajstić information content (AvgIpc) is 3.11. The van der Waals surface area contributed by atoms with Crippen molar-refractivity contribution in [1.29, 1.82) is 0 Å². The predicted molar refractivity (Wildman–Crippen MR) is 100 cm³/mol. The monoisotopic (exact) mass is 388 g/mol. The van der Waals surface area contributed by atoms with Gasteiger partial charge in [0.1, 0.15) is 5.01 Å². The molecule has 7 nitrogen and oxygen atoms in total. The van der Waals surface area contributed by atoms with Gasteiger partial charge in [-0.25, -0.2) is 8.42 Å². The van der Waals surface area contributed by atoms with Gasteiger partial charge in [0.25, 0.3) is 0 Å². The third-order valence-electron chi connectivity index (χ3n) is 3.45. The molecule has 1 aromatic heterocycles. The van der Waals surface area contributed by atoms with Crippen LogP contribution in [0.2, 0.25) is 0 Å². The van der Waals surface area contributed by atoms with Gasteiger partial charge in [0.2, 0.25) is 21.1 Å². The molecule has 0 radical (unpaired) electrons. The molecule has 3 rings (SSSR count). The van der Waals surface area contributed by atoms with E-state index < -0.39 is 22.0 Å². The van der Waals surface area contributed by atoms with Crippen molar-refractivity contribution in [2.24, 2.45) is 0 Å². The van der Waals surface area contributed by atoms with Crippen LogP contribution in [0, 0.1) is 0 Å². The molecular weight excluding hydrogens is 372 g/mol.